The number of halogens is 2. The number of anilines is 1. The Morgan fingerprint density at radius 1 is 1.15 bits per heavy atom. The predicted molar refractivity (Wildman–Crippen MR) is 88.2 cm³/mol. The first-order valence-corrected chi connectivity index (χ1v) is 9.36. The third kappa shape index (κ3) is 4.05. The number of ether oxygens (including phenoxy) is 1. The molecule has 140 valence electrons. The van der Waals surface area contributed by atoms with E-state index >= 15 is 0 Å². The van der Waals surface area contributed by atoms with Crippen LogP contribution in [0.2, 0.25) is 0 Å². The van der Waals surface area contributed by atoms with E-state index in [4.69, 9.17) is 4.74 Å². The quantitative estimate of drug-likeness (QED) is 0.799. The van der Waals surface area contributed by atoms with Crippen molar-refractivity contribution in [3.05, 3.63) is 35.7 Å². The number of hydrogen-bond acceptors (Lipinski definition) is 7. The van der Waals surface area contributed by atoms with E-state index in [0.29, 0.717) is 12.0 Å². The minimum absolute atomic E-state index is 0.0731. The lowest BCUT2D eigenvalue weighted by molar-refractivity contribution is 0.375. The molecule has 1 aliphatic rings. The van der Waals surface area contributed by atoms with E-state index in [2.05, 4.69) is 19.7 Å². The van der Waals surface area contributed by atoms with Crippen LogP contribution in [0.3, 0.4) is 0 Å². The molecule has 1 aromatic carbocycles. The number of benzene rings is 1. The van der Waals surface area contributed by atoms with Crippen molar-refractivity contribution in [2.75, 3.05) is 25.1 Å². The van der Waals surface area contributed by atoms with Gasteiger partial charge in [0.15, 0.2) is 17.5 Å². The molecule has 1 aliphatic heterocycles. The lowest BCUT2D eigenvalue weighted by atomic mass is 10.3. The Balaban J connectivity index is 1.79. The summed E-state index contributed by atoms with van der Waals surface area (Å²) in [5.74, 6) is -1.80. The van der Waals surface area contributed by atoms with Crippen LogP contribution in [0.4, 0.5) is 14.7 Å². The summed E-state index contributed by atoms with van der Waals surface area (Å²) < 4.78 is 58.1. The highest BCUT2D eigenvalue weighted by molar-refractivity contribution is 7.89. The summed E-state index contributed by atoms with van der Waals surface area (Å²) in [6.07, 6.45) is 2.04. The van der Waals surface area contributed by atoms with Crippen LogP contribution in [0.25, 0.3) is 0 Å². The zero-order valence-electron chi connectivity index (χ0n) is 13.9. The molecule has 0 radical (unpaired) electrons. The van der Waals surface area contributed by atoms with Crippen LogP contribution >= 0.6 is 0 Å². The normalized spacial score (nSPS) is 14.7. The lowest BCUT2D eigenvalue weighted by Crippen LogP contribution is -2.26. The van der Waals surface area contributed by atoms with Crippen LogP contribution in [0, 0.1) is 11.6 Å². The minimum Gasteiger partial charge on any atom is -0.467 e. The molecule has 0 bridgehead atoms. The molecule has 8 nitrogen and oxygen atoms in total. The second-order valence-corrected chi connectivity index (χ2v) is 7.40. The fourth-order valence-electron chi connectivity index (χ4n) is 2.50. The standard InChI is InChI=1S/C15H17F2N5O3S/c1-25-15-20-13(19-14(21-15)22-6-2-3-7-22)9-18-26(23,24)10-4-5-11(16)12(17)8-10/h4-5,8,18H,2-3,6-7,9H2,1H3. The number of rotatable bonds is 6. The first-order valence-electron chi connectivity index (χ1n) is 7.87. The number of methoxy groups -OCH3 is 1. The van der Waals surface area contributed by atoms with Crippen LogP contribution in [0.15, 0.2) is 23.1 Å². The Labute approximate surface area is 149 Å². The molecule has 11 heteroatoms. The maximum Gasteiger partial charge on any atom is 0.321 e. The first-order chi connectivity index (χ1) is 12.4. The van der Waals surface area contributed by atoms with Crippen LogP contribution < -0.4 is 14.4 Å². The Bertz CT molecular complexity index is 904. The van der Waals surface area contributed by atoms with Crippen molar-refractivity contribution in [1.82, 2.24) is 19.7 Å². The van der Waals surface area contributed by atoms with E-state index in [9.17, 15) is 17.2 Å². The van der Waals surface area contributed by atoms with E-state index in [-0.39, 0.29) is 18.4 Å². The molecule has 2 heterocycles. The van der Waals surface area contributed by atoms with E-state index in [1.54, 1.807) is 0 Å². The molecule has 0 unspecified atom stereocenters. The summed E-state index contributed by atoms with van der Waals surface area (Å²) in [7, 11) is -2.66. The summed E-state index contributed by atoms with van der Waals surface area (Å²) in [4.78, 5) is 14.0. The van der Waals surface area contributed by atoms with Crippen LogP contribution in [0.1, 0.15) is 18.7 Å². The second-order valence-electron chi connectivity index (χ2n) is 5.63. The predicted octanol–water partition coefficient (Wildman–Crippen LogP) is 1.24. The van der Waals surface area contributed by atoms with E-state index in [1.165, 1.54) is 7.11 Å². The van der Waals surface area contributed by atoms with Crippen molar-refractivity contribution < 1.29 is 21.9 Å². The Hall–Kier alpha value is -2.40. The van der Waals surface area contributed by atoms with Crippen molar-refractivity contribution in [1.29, 1.82) is 0 Å². The highest BCUT2D eigenvalue weighted by Crippen LogP contribution is 2.18. The Kier molecular flexibility index (Phi) is 5.28. The van der Waals surface area contributed by atoms with Crippen molar-refractivity contribution >= 4 is 16.0 Å². The molecule has 1 N–H and O–H groups in total. The lowest BCUT2D eigenvalue weighted by Gasteiger charge is -2.16. The Morgan fingerprint density at radius 2 is 1.88 bits per heavy atom. The van der Waals surface area contributed by atoms with Gasteiger partial charge in [-0.1, -0.05) is 0 Å². The fourth-order valence-corrected chi connectivity index (χ4v) is 3.49. The molecule has 0 spiro atoms. The fraction of sp³-hybridized carbons (Fsp3) is 0.400. The number of aromatic nitrogens is 3. The highest BCUT2D eigenvalue weighted by atomic mass is 32.2. The second kappa shape index (κ2) is 7.46. The van der Waals surface area contributed by atoms with Gasteiger partial charge in [-0.05, 0) is 31.0 Å². The number of nitrogens with zero attached hydrogens (tertiary/aromatic N) is 4. The third-order valence-corrected chi connectivity index (χ3v) is 5.24. The summed E-state index contributed by atoms with van der Waals surface area (Å²) in [6.45, 7) is 1.35. The monoisotopic (exact) mass is 385 g/mol. The average Bonchev–Trinajstić information content (AvgIpc) is 3.17. The molecule has 0 aliphatic carbocycles. The molecule has 1 saturated heterocycles. The highest BCUT2D eigenvalue weighted by Gasteiger charge is 2.20. The van der Waals surface area contributed by atoms with Crippen LogP contribution in [0.5, 0.6) is 6.01 Å². The van der Waals surface area contributed by atoms with E-state index in [0.717, 1.165) is 38.1 Å². The Morgan fingerprint density at radius 3 is 2.54 bits per heavy atom. The van der Waals surface area contributed by atoms with E-state index < -0.39 is 26.6 Å². The first kappa shape index (κ1) is 18.4. The number of hydrogen-bond donors (Lipinski definition) is 1. The zero-order valence-corrected chi connectivity index (χ0v) is 14.8. The molecule has 0 saturated carbocycles. The zero-order chi connectivity index (χ0) is 18.7. The number of sulfonamides is 1. The maximum atomic E-state index is 13.3. The van der Waals surface area contributed by atoms with Gasteiger partial charge in [0.2, 0.25) is 16.0 Å². The molecule has 0 amide bonds. The molecule has 1 aromatic heterocycles. The van der Waals surface area contributed by atoms with Crippen LogP contribution in [-0.4, -0.2) is 43.6 Å². The summed E-state index contributed by atoms with van der Waals surface area (Å²) in [6, 6.07) is 2.41. The SMILES string of the molecule is COc1nc(CNS(=O)(=O)c2ccc(F)c(F)c2)nc(N2CCCC2)n1. The third-order valence-electron chi connectivity index (χ3n) is 3.84. The van der Waals surface area contributed by atoms with E-state index in [1.807, 2.05) is 4.90 Å². The summed E-state index contributed by atoms with van der Waals surface area (Å²) in [5.41, 5.74) is 0. The molecule has 2 aromatic rings. The molecule has 1 fully saturated rings. The molecular weight excluding hydrogens is 368 g/mol. The molecular formula is C15H17F2N5O3S. The summed E-state index contributed by atoms with van der Waals surface area (Å²) in [5, 5.41) is 0. The van der Waals surface area contributed by atoms with Gasteiger partial charge in [-0.25, -0.2) is 21.9 Å². The average molecular weight is 385 g/mol. The van der Waals surface area contributed by atoms with Gasteiger partial charge >= 0.3 is 6.01 Å². The van der Waals surface area contributed by atoms with Gasteiger partial charge in [0.25, 0.3) is 0 Å². The molecule has 0 atom stereocenters. The number of nitrogens with one attached hydrogen (secondary N) is 1. The van der Waals surface area contributed by atoms with Crippen molar-refractivity contribution in [2.24, 2.45) is 0 Å². The summed E-state index contributed by atoms with van der Waals surface area (Å²) >= 11 is 0. The van der Waals surface area contributed by atoms with Gasteiger partial charge in [0.05, 0.1) is 18.6 Å². The van der Waals surface area contributed by atoms with Crippen molar-refractivity contribution in [3.63, 3.8) is 0 Å². The van der Waals surface area contributed by atoms with Gasteiger partial charge in [0.1, 0.15) is 0 Å². The van der Waals surface area contributed by atoms with Gasteiger partial charge in [-0.3, -0.25) is 0 Å². The largest absolute Gasteiger partial charge is 0.467 e. The minimum atomic E-state index is -4.06. The van der Waals surface area contributed by atoms with Gasteiger partial charge in [-0.15, -0.1) is 0 Å². The molecule has 3 rings (SSSR count). The smallest absolute Gasteiger partial charge is 0.321 e. The maximum absolute atomic E-state index is 13.3. The van der Waals surface area contributed by atoms with Crippen LogP contribution in [-0.2, 0) is 16.6 Å². The topological polar surface area (TPSA) is 97.3 Å². The molecule has 26 heavy (non-hydrogen) atoms. The van der Waals surface area contributed by atoms with Gasteiger partial charge in [-0.2, -0.15) is 15.0 Å². The van der Waals surface area contributed by atoms with Gasteiger partial charge in [0, 0.05) is 13.1 Å². The van der Waals surface area contributed by atoms with Crippen molar-refractivity contribution in [3.8, 4) is 6.01 Å². The van der Waals surface area contributed by atoms with Crippen molar-refractivity contribution in [2.45, 2.75) is 24.3 Å². The van der Waals surface area contributed by atoms with Gasteiger partial charge < -0.3 is 9.64 Å².